The number of carbonyl (C=O) groups excluding carboxylic acids is 3. The number of amides is 2. The van der Waals surface area contributed by atoms with Crippen molar-refractivity contribution in [1.82, 2.24) is 10.6 Å². The van der Waals surface area contributed by atoms with Crippen LogP contribution in [0, 0.1) is 0 Å². The van der Waals surface area contributed by atoms with E-state index in [0.29, 0.717) is 11.1 Å². The number of rotatable bonds is 6. The van der Waals surface area contributed by atoms with Crippen LogP contribution in [0.25, 0.3) is 6.08 Å². The van der Waals surface area contributed by atoms with Crippen molar-refractivity contribution in [2.75, 3.05) is 6.54 Å². The zero-order valence-electron chi connectivity index (χ0n) is 16.4. The van der Waals surface area contributed by atoms with E-state index in [4.69, 9.17) is 0 Å². The van der Waals surface area contributed by atoms with Crippen molar-refractivity contribution in [2.24, 2.45) is 0 Å². The number of nitrogens with one attached hydrogen (secondary N) is 2. The molecule has 6 nitrogen and oxygen atoms in total. The Kier molecular flexibility index (Phi) is 7.34. The lowest BCUT2D eigenvalue weighted by Gasteiger charge is -2.19. The Morgan fingerprint density at radius 3 is 2.10 bits per heavy atom. The summed E-state index contributed by atoms with van der Waals surface area (Å²) in [6, 6.07) is 14.2. The lowest BCUT2D eigenvalue weighted by molar-refractivity contribution is -0.303. The highest BCUT2D eigenvalue weighted by molar-refractivity contribution is 9.10. The number of aliphatic carboxylic acids is 1. The molecule has 0 unspecified atom stereocenters. The Balaban J connectivity index is 2.26. The number of benzene rings is 2. The van der Waals surface area contributed by atoms with Gasteiger partial charge in [-0.05, 0) is 46.9 Å². The number of carboxylic acid groups (broad SMARTS) is 1. The first kappa shape index (κ1) is 22.4. The molecule has 2 aromatic carbocycles. The summed E-state index contributed by atoms with van der Waals surface area (Å²) >= 11 is 3.33. The van der Waals surface area contributed by atoms with Crippen LogP contribution >= 0.6 is 15.9 Å². The van der Waals surface area contributed by atoms with E-state index in [2.05, 4.69) is 47.3 Å². The minimum Gasteiger partial charge on any atom is -0.548 e. The van der Waals surface area contributed by atoms with Crippen LogP contribution in [0.3, 0.4) is 0 Å². The molecule has 0 saturated carbocycles. The summed E-state index contributed by atoms with van der Waals surface area (Å²) in [5.41, 5.74) is 2.00. The van der Waals surface area contributed by atoms with E-state index in [9.17, 15) is 19.5 Å². The average Bonchev–Trinajstić information content (AvgIpc) is 2.66. The summed E-state index contributed by atoms with van der Waals surface area (Å²) in [6.07, 6.45) is 1.47. The summed E-state index contributed by atoms with van der Waals surface area (Å²) in [7, 11) is 0. The van der Waals surface area contributed by atoms with E-state index >= 15 is 0 Å². The second-order valence-electron chi connectivity index (χ2n) is 7.45. The van der Waals surface area contributed by atoms with Gasteiger partial charge in [0.1, 0.15) is 5.70 Å². The number of hydrogen-bond acceptors (Lipinski definition) is 4. The number of hydrogen-bond donors (Lipinski definition) is 2. The van der Waals surface area contributed by atoms with E-state index in [1.54, 1.807) is 36.4 Å². The van der Waals surface area contributed by atoms with Crippen LogP contribution < -0.4 is 15.7 Å². The van der Waals surface area contributed by atoms with E-state index in [1.165, 1.54) is 6.08 Å². The van der Waals surface area contributed by atoms with Gasteiger partial charge in [-0.1, -0.05) is 61.0 Å². The van der Waals surface area contributed by atoms with Crippen molar-refractivity contribution >= 4 is 39.8 Å². The predicted octanol–water partition coefficient (Wildman–Crippen LogP) is 2.38. The normalized spacial score (nSPS) is 11.7. The molecule has 0 saturated heterocycles. The van der Waals surface area contributed by atoms with Crippen molar-refractivity contribution in [3.05, 3.63) is 75.4 Å². The van der Waals surface area contributed by atoms with Gasteiger partial charge in [0.05, 0.1) is 12.5 Å². The largest absolute Gasteiger partial charge is 0.548 e. The third kappa shape index (κ3) is 6.87. The van der Waals surface area contributed by atoms with E-state index < -0.39 is 24.3 Å². The standard InChI is InChI=1S/C22H23BrN2O4/c1-22(2,3)16-8-6-15(7-9-16)20(28)25-18(21(29)24-13-19(26)27)12-14-4-10-17(23)11-5-14/h4-12H,13H2,1-3H3,(H,24,29)(H,25,28)(H,26,27)/p-1/b18-12+. The quantitative estimate of drug-likeness (QED) is 0.650. The second kappa shape index (κ2) is 9.52. The molecule has 2 aromatic rings. The molecule has 2 rings (SSSR count). The summed E-state index contributed by atoms with van der Waals surface area (Å²) < 4.78 is 0.862. The highest BCUT2D eigenvalue weighted by Crippen LogP contribution is 2.22. The SMILES string of the molecule is CC(C)(C)c1ccc(C(=O)N/C(=C/c2ccc(Br)cc2)C(=O)NCC(=O)[O-])cc1. The molecule has 2 N–H and O–H groups in total. The Morgan fingerprint density at radius 2 is 1.59 bits per heavy atom. The van der Waals surface area contributed by atoms with Gasteiger partial charge < -0.3 is 20.5 Å². The fourth-order valence-electron chi connectivity index (χ4n) is 2.45. The molecular weight excluding hydrogens is 436 g/mol. The fraction of sp³-hybridized carbons (Fsp3) is 0.227. The highest BCUT2D eigenvalue weighted by Gasteiger charge is 2.17. The van der Waals surface area contributed by atoms with Gasteiger partial charge in [0, 0.05) is 10.0 Å². The van der Waals surface area contributed by atoms with Crippen molar-refractivity contribution in [3.8, 4) is 0 Å². The van der Waals surface area contributed by atoms with E-state index in [-0.39, 0.29) is 11.1 Å². The van der Waals surface area contributed by atoms with Gasteiger partial charge in [0.25, 0.3) is 11.8 Å². The van der Waals surface area contributed by atoms with Crippen molar-refractivity contribution in [1.29, 1.82) is 0 Å². The molecule has 0 aliphatic heterocycles. The molecule has 0 bridgehead atoms. The topological polar surface area (TPSA) is 98.3 Å². The molecule has 29 heavy (non-hydrogen) atoms. The van der Waals surface area contributed by atoms with Crippen LogP contribution in [0.4, 0.5) is 0 Å². The smallest absolute Gasteiger partial charge is 0.268 e. The van der Waals surface area contributed by atoms with Crippen LogP contribution in [0.2, 0.25) is 0 Å². The molecule has 152 valence electrons. The van der Waals surface area contributed by atoms with Gasteiger partial charge in [-0.25, -0.2) is 0 Å². The minimum atomic E-state index is -1.43. The van der Waals surface area contributed by atoms with Crippen LogP contribution in [0.1, 0.15) is 42.3 Å². The third-order valence-corrected chi connectivity index (χ3v) is 4.61. The lowest BCUT2D eigenvalue weighted by atomic mass is 9.87. The number of carbonyl (C=O) groups is 3. The maximum Gasteiger partial charge on any atom is 0.268 e. The van der Waals surface area contributed by atoms with Crippen LogP contribution in [-0.2, 0) is 15.0 Å². The summed E-state index contributed by atoms with van der Waals surface area (Å²) in [5, 5.41) is 15.4. The van der Waals surface area contributed by atoms with Gasteiger partial charge in [-0.2, -0.15) is 0 Å². The molecule has 0 aliphatic carbocycles. The zero-order chi connectivity index (χ0) is 21.6. The first-order valence-corrected chi connectivity index (χ1v) is 9.73. The molecule has 0 atom stereocenters. The molecule has 0 radical (unpaired) electrons. The van der Waals surface area contributed by atoms with Gasteiger partial charge in [0.2, 0.25) is 0 Å². The molecule has 0 fully saturated rings. The van der Waals surface area contributed by atoms with Crippen LogP contribution in [-0.4, -0.2) is 24.3 Å². The van der Waals surface area contributed by atoms with Crippen LogP contribution in [0.5, 0.6) is 0 Å². The molecular formula is C22H22BrN2O4-. The van der Waals surface area contributed by atoms with Gasteiger partial charge in [-0.15, -0.1) is 0 Å². The molecule has 0 aromatic heterocycles. The van der Waals surface area contributed by atoms with Crippen molar-refractivity contribution < 1.29 is 19.5 Å². The third-order valence-electron chi connectivity index (χ3n) is 4.08. The second-order valence-corrected chi connectivity index (χ2v) is 8.36. The monoisotopic (exact) mass is 457 g/mol. The average molecular weight is 458 g/mol. The Hall–Kier alpha value is -2.93. The lowest BCUT2D eigenvalue weighted by Crippen LogP contribution is -2.41. The first-order chi connectivity index (χ1) is 13.6. The molecule has 2 amide bonds. The van der Waals surface area contributed by atoms with Crippen LogP contribution in [0.15, 0.2) is 58.7 Å². The summed E-state index contributed by atoms with van der Waals surface area (Å²) in [4.78, 5) is 35.7. The molecule has 0 spiro atoms. The van der Waals surface area contributed by atoms with Gasteiger partial charge in [0.15, 0.2) is 0 Å². The zero-order valence-corrected chi connectivity index (χ0v) is 18.0. The Labute approximate surface area is 178 Å². The molecule has 0 heterocycles. The minimum absolute atomic E-state index is 0.0492. The highest BCUT2D eigenvalue weighted by atomic mass is 79.9. The first-order valence-electron chi connectivity index (χ1n) is 8.93. The maximum atomic E-state index is 12.6. The van der Waals surface area contributed by atoms with Crippen molar-refractivity contribution in [3.63, 3.8) is 0 Å². The molecule has 7 heteroatoms. The summed E-state index contributed by atoms with van der Waals surface area (Å²) in [5.74, 6) is -2.63. The van der Waals surface area contributed by atoms with Crippen molar-refractivity contribution in [2.45, 2.75) is 26.2 Å². The fourth-order valence-corrected chi connectivity index (χ4v) is 2.71. The van der Waals surface area contributed by atoms with Gasteiger partial charge >= 0.3 is 0 Å². The number of halogens is 1. The number of carboxylic acids is 1. The maximum absolute atomic E-state index is 12.6. The van der Waals surface area contributed by atoms with E-state index in [1.807, 2.05) is 12.1 Å². The molecule has 0 aliphatic rings. The Morgan fingerprint density at radius 1 is 1.00 bits per heavy atom. The predicted molar refractivity (Wildman–Crippen MR) is 113 cm³/mol. The summed E-state index contributed by atoms with van der Waals surface area (Å²) in [6.45, 7) is 5.56. The van der Waals surface area contributed by atoms with E-state index in [0.717, 1.165) is 10.0 Å². The Bertz CT molecular complexity index is 927. The van der Waals surface area contributed by atoms with Gasteiger partial charge in [-0.3, -0.25) is 9.59 Å².